The standard InChI is InChI=1S/C15H16O4/c1-18-14-7-11-9-5-3-2-4-6-10(9)15(17)19-13(11)8-12(14)16/h7-8,16H,2-6H2,1H3. The molecular weight excluding hydrogens is 244 g/mol. The first-order valence-corrected chi connectivity index (χ1v) is 6.56. The summed E-state index contributed by atoms with van der Waals surface area (Å²) in [6.45, 7) is 0. The maximum absolute atomic E-state index is 12.0. The van der Waals surface area contributed by atoms with Crippen molar-refractivity contribution in [3.05, 3.63) is 33.7 Å². The lowest BCUT2D eigenvalue weighted by molar-refractivity contribution is 0.373. The van der Waals surface area contributed by atoms with Gasteiger partial charge in [-0.15, -0.1) is 0 Å². The van der Waals surface area contributed by atoms with Crippen LogP contribution in [-0.4, -0.2) is 12.2 Å². The average molecular weight is 260 g/mol. The van der Waals surface area contributed by atoms with E-state index in [4.69, 9.17) is 9.15 Å². The molecule has 3 rings (SSSR count). The molecule has 0 radical (unpaired) electrons. The van der Waals surface area contributed by atoms with E-state index in [0.29, 0.717) is 11.3 Å². The first-order valence-electron chi connectivity index (χ1n) is 6.56. The van der Waals surface area contributed by atoms with Crippen molar-refractivity contribution in [1.82, 2.24) is 0 Å². The quantitative estimate of drug-likeness (QED) is 0.632. The molecule has 0 spiro atoms. The van der Waals surface area contributed by atoms with E-state index in [0.717, 1.165) is 48.6 Å². The third kappa shape index (κ3) is 1.97. The Kier molecular flexibility index (Phi) is 2.93. The number of hydrogen-bond donors (Lipinski definition) is 1. The summed E-state index contributed by atoms with van der Waals surface area (Å²) in [5.74, 6) is 0.402. The summed E-state index contributed by atoms with van der Waals surface area (Å²) in [7, 11) is 1.51. The van der Waals surface area contributed by atoms with Crippen molar-refractivity contribution in [3.8, 4) is 11.5 Å². The molecule has 0 fully saturated rings. The van der Waals surface area contributed by atoms with Gasteiger partial charge in [0.05, 0.1) is 7.11 Å². The Hall–Kier alpha value is -1.97. The normalized spacial score (nSPS) is 15.0. The fraction of sp³-hybridized carbons (Fsp3) is 0.400. The molecule has 0 unspecified atom stereocenters. The highest BCUT2D eigenvalue weighted by Gasteiger charge is 2.18. The van der Waals surface area contributed by atoms with Gasteiger partial charge in [-0.05, 0) is 37.3 Å². The summed E-state index contributed by atoms with van der Waals surface area (Å²) in [5, 5.41) is 10.7. The summed E-state index contributed by atoms with van der Waals surface area (Å²) >= 11 is 0. The molecule has 1 aliphatic carbocycles. The van der Waals surface area contributed by atoms with E-state index >= 15 is 0 Å². The summed E-state index contributed by atoms with van der Waals surface area (Å²) in [5.41, 5.74) is 2.01. The van der Waals surface area contributed by atoms with Gasteiger partial charge in [0, 0.05) is 17.0 Å². The molecule has 0 aliphatic heterocycles. The van der Waals surface area contributed by atoms with E-state index in [1.54, 1.807) is 6.07 Å². The van der Waals surface area contributed by atoms with Crippen LogP contribution in [0.5, 0.6) is 11.5 Å². The molecular formula is C15H16O4. The van der Waals surface area contributed by atoms with Crippen LogP contribution in [0.15, 0.2) is 21.3 Å². The molecule has 0 bridgehead atoms. The van der Waals surface area contributed by atoms with Crippen LogP contribution in [0.25, 0.3) is 11.0 Å². The fourth-order valence-electron chi connectivity index (χ4n) is 2.80. The Morgan fingerprint density at radius 2 is 1.89 bits per heavy atom. The Balaban J connectivity index is 2.35. The van der Waals surface area contributed by atoms with Crippen molar-refractivity contribution in [2.45, 2.75) is 32.1 Å². The number of ether oxygens (including phenoxy) is 1. The second-order valence-electron chi connectivity index (χ2n) is 4.93. The van der Waals surface area contributed by atoms with E-state index in [9.17, 15) is 9.90 Å². The van der Waals surface area contributed by atoms with E-state index in [2.05, 4.69) is 0 Å². The molecule has 1 aliphatic rings. The summed E-state index contributed by atoms with van der Waals surface area (Å²) in [6, 6.07) is 3.22. The maximum atomic E-state index is 12.0. The van der Waals surface area contributed by atoms with E-state index in [1.165, 1.54) is 13.2 Å². The minimum Gasteiger partial charge on any atom is -0.504 e. The van der Waals surface area contributed by atoms with Crippen LogP contribution >= 0.6 is 0 Å². The molecule has 0 saturated carbocycles. The Morgan fingerprint density at radius 1 is 1.16 bits per heavy atom. The smallest absolute Gasteiger partial charge is 0.339 e. The fourth-order valence-corrected chi connectivity index (χ4v) is 2.80. The van der Waals surface area contributed by atoms with Gasteiger partial charge in [-0.1, -0.05) is 6.42 Å². The third-order valence-corrected chi connectivity index (χ3v) is 3.77. The van der Waals surface area contributed by atoms with Crippen LogP contribution in [0, 0.1) is 0 Å². The first-order chi connectivity index (χ1) is 9.20. The number of aryl methyl sites for hydroxylation is 1. The van der Waals surface area contributed by atoms with Crippen LogP contribution in [0.3, 0.4) is 0 Å². The zero-order chi connectivity index (χ0) is 13.4. The maximum Gasteiger partial charge on any atom is 0.339 e. The van der Waals surface area contributed by atoms with Crippen LogP contribution < -0.4 is 10.4 Å². The molecule has 4 nitrogen and oxygen atoms in total. The Bertz CT molecular complexity index is 685. The molecule has 0 amide bonds. The van der Waals surface area contributed by atoms with Gasteiger partial charge in [0.2, 0.25) is 0 Å². The minimum absolute atomic E-state index is 0.00766. The molecule has 1 aromatic carbocycles. The number of phenols is 1. The summed E-state index contributed by atoms with van der Waals surface area (Å²) < 4.78 is 10.5. The predicted molar refractivity (Wildman–Crippen MR) is 72.0 cm³/mol. The zero-order valence-corrected chi connectivity index (χ0v) is 10.9. The molecule has 1 N–H and O–H groups in total. The molecule has 0 atom stereocenters. The number of aromatic hydroxyl groups is 1. The third-order valence-electron chi connectivity index (χ3n) is 3.77. The molecule has 19 heavy (non-hydrogen) atoms. The minimum atomic E-state index is -0.269. The number of benzene rings is 1. The van der Waals surface area contributed by atoms with E-state index in [-0.39, 0.29) is 11.4 Å². The molecule has 0 saturated heterocycles. The van der Waals surface area contributed by atoms with Gasteiger partial charge in [-0.25, -0.2) is 4.79 Å². The van der Waals surface area contributed by atoms with Gasteiger partial charge < -0.3 is 14.3 Å². The number of phenolic OH excluding ortho intramolecular Hbond substituents is 1. The number of methoxy groups -OCH3 is 1. The molecule has 1 aromatic heterocycles. The van der Waals surface area contributed by atoms with Gasteiger partial charge in [0.15, 0.2) is 11.5 Å². The monoisotopic (exact) mass is 260 g/mol. The lowest BCUT2D eigenvalue weighted by Crippen LogP contribution is -2.10. The highest BCUT2D eigenvalue weighted by atomic mass is 16.5. The van der Waals surface area contributed by atoms with Crippen LogP contribution in [0.4, 0.5) is 0 Å². The van der Waals surface area contributed by atoms with Crippen LogP contribution in [-0.2, 0) is 12.8 Å². The molecule has 2 aromatic rings. The molecule has 4 heteroatoms. The lowest BCUT2D eigenvalue weighted by Gasteiger charge is -2.10. The van der Waals surface area contributed by atoms with Crippen molar-refractivity contribution in [2.75, 3.05) is 7.11 Å². The van der Waals surface area contributed by atoms with Crippen LogP contribution in [0.1, 0.15) is 30.4 Å². The second-order valence-corrected chi connectivity index (χ2v) is 4.93. The summed E-state index contributed by atoms with van der Waals surface area (Å²) in [6.07, 6.45) is 4.89. The van der Waals surface area contributed by atoms with Gasteiger partial charge in [-0.2, -0.15) is 0 Å². The van der Waals surface area contributed by atoms with Crippen molar-refractivity contribution in [2.24, 2.45) is 0 Å². The van der Waals surface area contributed by atoms with Gasteiger partial charge in [0.25, 0.3) is 0 Å². The topological polar surface area (TPSA) is 59.7 Å². The molecule has 1 heterocycles. The number of fused-ring (bicyclic) bond motifs is 3. The summed E-state index contributed by atoms with van der Waals surface area (Å²) in [4.78, 5) is 12.0. The SMILES string of the molecule is COc1cc2c3c(c(=O)oc2cc1O)CCCCC3. The number of rotatable bonds is 1. The highest BCUT2D eigenvalue weighted by molar-refractivity contribution is 5.85. The van der Waals surface area contributed by atoms with Crippen molar-refractivity contribution in [1.29, 1.82) is 0 Å². The first kappa shape index (κ1) is 12.1. The Morgan fingerprint density at radius 3 is 2.63 bits per heavy atom. The zero-order valence-electron chi connectivity index (χ0n) is 10.9. The van der Waals surface area contributed by atoms with Gasteiger partial charge in [-0.3, -0.25) is 0 Å². The largest absolute Gasteiger partial charge is 0.504 e. The van der Waals surface area contributed by atoms with Gasteiger partial charge >= 0.3 is 5.63 Å². The lowest BCUT2D eigenvalue weighted by atomic mass is 10.0. The van der Waals surface area contributed by atoms with Crippen molar-refractivity contribution in [3.63, 3.8) is 0 Å². The van der Waals surface area contributed by atoms with Gasteiger partial charge in [0.1, 0.15) is 5.58 Å². The van der Waals surface area contributed by atoms with E-state index < -0.39 is 0 Å². The molecule has 100 valence electrons. The Labute approximate surface area is 110 Å². The predicted octanol–water partition coefficient (Wildman–Crippen LogP) is 2.78. The van der Waals surface area contributed by atoms with Crippen molar-refractivity contribution >= 4 is 11.0 Å². The van der Waals surface area contributed by atoms with E-state index in [1.807, 2.05) is 0 Å². The van der Waals surface area contributed by atoms with Crippen molar-refractivity contribution < 1.29 is 14.3 Å². The number of hydrogen-bond acceptors (Lipinski definition) is 4. The second kappa shape index (κ2) is 4.61. The average Bonchev–Trinajstić information content (AvgIpc) is 2.64. The van der Waals surface area contributed by atoms with Crippen LogP contribution in [0.2, 0.25) is 0 Å². The highest BCUT2D eigenvalue weighted by Crippen LogP contribution is 2.34.